The zero-order chi connectivity index (χ0) is 18.2. The Kier molecular flexibility index (Phi) is 5.13. The van der Waals surface area contributed by atoms with E-state index < -0.39 is 0 Å². The smallest absolute Gasteiger partial charge is 0.186 e. The first-order valence-electron chi connectivity index (χ1n) is 8.52. The Morgan fingerprint density at radius 2 is 1.08 bits per heavy atom. The third-order valence-corrected chi connectivity index (χ3v) is 5.62. The van der Waals surface area contributed by atoms with Crippen molar-refractivity contribution < 1.29 is 4.79 Å². The number of carbonyl (C=O) groups is 1. The summed E-state index contributed by atoms with van der Waals surface area (Å²) in [5, 5.41) is 0. The van der Waals surface area contributed by atoms with Crippen molar-refractivity contribution in [1.82, 2.24) is 0 Å². The first kappa shape index (κ1) is 18.2. The van der Waals surface area contributed by atoms with Crippen molar-refractivity contribution in [2.24, 2.45) is 0 Å². The molecule has 0 amide bonds. The van der Waals surface area contributed by atoms with Gasteiger partial charge in [-0.05, 0) is 112 Å². The fourth-order valence-corrected chi connectivity index (χ4v) is 3.29. The Labute approximate surface area is 146 Å². The molecule has 0 saturated carbocycles. The fraction of sp³-hybridized carbons (Fsp3) is 0.348. The number of rotatable bonds is 3. The SMILES string of the molecule is Cc1cc(/C=C/C(=O)c2c(C)c(C)c(C)c(C)c2C)cc(C)c1C. The van der Waals surface area contributed by atoms with Crippen molar-refractivity contribution in [3.63, 3.8) is 0 Å². The molecule has 1 nitrogen and oxygen atoms in total. The summed E-state index contributed by atoms with van der Waals surface area (Å²) < 4.78 is 0. The number of aryl methyl sites for hydroxylation is 2. The predicted octanol–water partition coefficient (Wildman–Crippen LogP) is 6.05. The van der Waals surface area contributed by atoms with Crippen LogP contribution in [0.1, 0.15) is 60.4 Å². The number of ketones is 1. The second kappa shape index (κ2) is 6.76. The maximum atomic E-state index is 12.8. The lowest BCUT2D eigenvalue weighted by Gasteiger charge is -2.16. The molecule has 0 aliphatic carbocycles. The molecule has 0 aliphatic rings. The molecule has 0 spiro atoms. The van der Waals surface area contributed by atoms with Gasteiger partial charge in [0.25, 0.3) is 0 Å². The molecule has 126 valence electrons. The zero-order valence-electron chi connectivity index (χ0n) is 16.2. The molecule has 0 bridgehead atoms. The average Bonchev–Trinajstić information content (AvgIpc) is 2.54. The Balaban J connectivity index is 2.45. The van der Waals surface area contributed by atoms with Gasteiger partial charge in [0.1, 0.15) is 0 Å². The lowest BCUT2D eigenvalue weighted by molar-refractivity contribution is 0.104. The summed E-state index contributed by atoms with van der Waals surface area (Å²) in [6.45, 7) is 16.8. The van der Waals surface area contributed by atoms with Crippen LogP contribution in [-0.2, 0) is 0 Å². The largest absolute Gasteiger partial charge is 0.289 e. The molecule has 0 atom stereocenters. The van der Waals surface area contributed by atoms with Gasteiger partial charge >= 0.3 is 0 Å². The molecule has 2 rings (SSSR count). The van der Waals surface area contributed by atoms with Gasteiger partial charge in [-0.15, -0.1) is 0 Å². The lowest BCUT2D eigenvalue weighted by Crippen LogP contribution is -2.07. The molecule has 0 saturated heterocycles. The van der Waals surface area contributed by atoms with Gasteiger partial charge in [0.2, 0.25) is 0 Å². The third-order valence-electron chi connectivity index (χ3n) is 5.62. The predicted molar refractivity (Wildman–Crippen MR) is 104 cm³/mol. The van der Waals surface area contributed by atoms with Crippen LogP contribution in [-0.4, -0.2) is 5.78 Å². The van der Waals surface area contributed by atoms with Gasteiger partial charge in [-0.3, -0.25) is 4.79 Å². The summed E-state index contributed by atoms with van der Waals surface area (Å²) in [6, 6.07) is 4.27. The van der Waals surface area contributed by atoms with Crippen molar-refractivity contribution in [1.29, 1.82) is 0 Å². The fourth-order valence-electron chi connectivity index (χ4n) is 3.29. The van der Waals surface area contributed by atoms with E-state index in [0.29, 0.717) is 0 Å². The van der Waals surface area contributed by atoms with E-state index in [1.54, 1.807) is 6.08 Å². The van der Waals surface area contributed by atoms with Gasteiger partial charge in [-0.25, -0.2) is 0 Å². The van der Waals surface area contributed by atoms with Gasteiger partial charge in [0, 0.05) is 5.56 Å². The van der Waals surface area contributed by atoms with E-state index in [1.165, 1.54) is 33.4 Å². The molecule has 0 heterocycles. The van der Waals surface area contributed by atoms with Gasteiger partial charge in [0.15, 0.2) is 5.78 Å². The van der Waals surface area contributed by atoms with E-state index in [2.05, 4.69) is 67.5 Å². The molecule has 1 heteroatoms. The van der Waals surface area contributed by atoms with E-state index >= 15 is 0 Å². The molecule has 2 aromatic carbocycles. The highest BCUT2D eigenvalue weighted by Crippen LogP contribution is 2.27. The summed E-state index contributed by atoms with van der Waals surface area (Å²) in [5.74, 6) is 0.0899. The number of hydrogen-bond acceptors (Lipinski definition) is 1. The van der Waals surface area contributed by atoms with Crippen molar-refractivity contribution in [2.75, 3.05) is 0 Å². The third kappa shape index (κ3) is 3.21. The minimum atomic E-state index is 0.0899. The summed E-state index contributed by atoms with van der Waals surface area (Å²) >= 11 is 0. The Hall–Kier alpha value is -2.15. The lowest BCUT2D eigenvalue weighted by atomic mass is 9.87. The van der Waals surface area contributed by atoms with E-state index in [9.17, 15) is 4.79 Å². The quantitative estimate of drug-likeness (QED) is 0.497. The van der Waals surface area contributed by atoms with Crippen molar-refractivity contribution in [2.45, 2.75) is 55.4 Å². The van der Waals surface area contributed by atoms with Crippen LogP contribution in [0.3, 0.4) is 0 Å². The summed E-state index contributed by atoms with van der Waals surface area (Å²) in [7, 11) is 0. The normalized spacial score (nSPS) is 11.3. The van der Waals surface area contributed by atoms with Crippen molar-refractivity contribution >= 4 is 11.9 Å². The van der Waals surface area contributed by atoms with Crippen LogP contribution in [0.25, 0.3) is 6.08 Å². The van der Waals surface area contributed by atoms with E-state index in [4.69, 9.17) is 0 Å². The summed E-state index contributed by atoms with van der Waals surface area (Å²) in [5.41, 5.74) is 11.7. The molecule has 0 aliphatic heterocycles. The molecule has 0 radical (unpaired) electrons. The highest BCUT2D eigenvalue weighted by molar-refractivity contribution is 6.09. The minimum absolute atomic E-state index is 0.0899. The van der Waals surface area contributed by atoms with Gasteiger partial charge < -0.3 is 0 Å². The highest BCUT2D eigenvalue weighted by atomic mass is 16.1. The first-order chi connectivity index (χ1) is 11.1. The standard InChI is InChI=1S/C23H28O/c1-13-11-21(12-14(2)15(13)3)9-10-22(24)23-19(7)17(5)16(4)18(6)20(23)8/h9-12H,1-8H3/b10-9+. The van der Waals surface area contributed by atoms with Gasteiger partial charge in [-0.2, -0.15) is 0 Å². The average molecular weight is 320 g/mol. The number of carbonyl (C=O) groups excluding carboxylic acids is 1. The number of benzene rings is 2. The van der Waals surface area contributed by atoms with E-state index in [-0.39, 0.29) is 5.78 Å². The molecular formula is C23H28O. The van der Waals surface area contributed by atoms with Crippen LogP contribution in [0.15, 0.2) is 18.2 Å². The van der Waals surface area contributed by atoms with Crippen LogP contribution in [0, 0.1) is 55.4 Å². The van der Waals surface area contributed by atoms with E-state index in [0.717, 1.165) is 22.3 Å². The maximum absolute atomic E-state index is 12.8. The molecule has 0 aromatic heterocycles. The van der Waals surface area contributed by atoms with Crippen LogP contribution >= 0.6 is 0 Å². The zero-order valence-corrected chi connectivity index (χ0v) is 16.2. The van der Waals surface area contributed by atoms with Crippen LogP contribution in [0.5, 0.6) is 0 Å². The van der Waals surface area contributed by atoms with Crippen LogP contribution in [0.4, 0.5) is 0 Å². The minimum Gasteiger partial charge on any atom is -0.289 e. The molecular weight excluding hydrogens is 292 g/mol. The molecule has 0 unspecified atom stereocenters. The second-order valence-corrected chi connectivity index (χ2v) is 6.98. The highest BCUT2D eigenvalue weighted by Gasteiger charge is 2.16. The summed E-state index contributed by atoms with van der Waals surface area (Å²) in [4.78, 5) is 12.8. The van der Waals surface area contributed by atoms with Crippen molar-refractivity contribution in [3.8, 4) is 0 Å². The van der Waals surface area contributed by atoms with E-state index in [1.807, 2.05) is 6.08 Å². The second-order valence-electron chi connectivity index (χ2n) is 6.98. The van der Waals surface area contributed by atoms with Crippen LogP contribution in [0.2, 0.25) is 0 Å². The Bertz CT molecular complexity index is 799. The Morgan fingerprint density at radius 3 is 1.54 bits per heavy atom. The van der Waals surface area contributed by atoms with Gasteiger partial charge in [0.05, 0.1) is 0 Å². The Morgan fingerprint density at radius 1 is 0.667 bits per heavy atom. The van der Waals surface area contributed by atoms with Gasteiger partial charge in [-0.1, -0.05) is 18.2 Å². The number of allylic oxidation sites excluding steroid dienone is 1. The maximum Gasteiger partial charge on any atom is 0.186 e. The molecule has 2 aromatic rings. The number of hydrogen-bond donors (Lipinski definition) is 0. The topological polar surface area (TPSA) is 17.1 Å². The molecule has 0 fully saturated rings. The first-order valence-corrected chi connectivity index (χ1v) is 8.52. The van der Waals surface area contributed by atoms with Crippen LogP contribution < -0.4 is 0 Å². The summed E-state index contributed by atoms with van der Waals surface area (Å²) in [6.07, 6.45) is 3.65. The monoisotopic (exact) mass is 320 g/mol. The molecule has 24 heavy (non-hydrogen) atoms. The molecule has 0 N–H and O–H groups in total. The van der Waals surface area contributed by atoms with Crippen molar-refractivity contribution in [3.05, 3.63) is 73.8 Å².